The van der Waals surface area contributed by atoms with Gasteiger partial charge in [-0.2, -0.15) is 0 Å². The van der Waals surface area contributed by atoms with E-state index in [0.717, 1.165) is 11.0 Å². The Morgan fingerprint density at radius 2 is 2.32 bits per heavy atom. The molecule has 1 saturated heterocycles. The number of imidazole rings is 1. The fourth-order valence-electron chi connectivity index (χ4n) is 3.01. The number of hydrogen-bond donors (Lipinski definition) is 2. The number of carbonyl (C=O) groups excluding carboxylic acids is 2. The zero-order chi connectivity index (χ0) is 17.9. The topological polar surface area (TPSA) is 96.6 Å². The normalized spacial score (nSPS) is 21.1. The number of benzene rings is 1. The molecule has 3 rings (SSSR count). The summed E-state index contributed by atoms with van der Waals surface area (Å²) < 4.78 is 11.2. The van der Waals surface area contributed by atoms with Crippen LogP contribution in [0.1, 0.15) is 16.8 Å². The number of ether oxygens (including phenoxy) is 2. The van der Waals surface area contributed by atoms with Crippen LogP contribution in [0.4, 0.5) is 0 Å². The largest absolute Gasteiger partial charge is 0.377 e. The molecule has 1 aliphatic rings. The Bertz CT molecular complexity index is 775. The highest BCUT2D eigenvalue weighted by Gasteiger charge is 2.38. The summed E-state index contributed by atoms with van der Waals surface area (Å²) in [6.45, 7) is 1.40. The number of aromatic nitrogens is 2. The van der Waals surface area contributed by atoms with Gasteiger partial charge in [0.25, 0.3) is 5.91 Å². The van der Waals surface area contributed by atoms with Gasteiger partial charge in [0.2, 0.25) is 5.91 Å². The molecule has 1 aliphatic heterocycles. The Hall–Kier alpha value is -2.45. The van der Waals surface area contributed by atoms with Gasteiger partial charge in [-0.15, -0.1) is 0 Å². The van der Waals surface area contributed by atoms with Crippen LogP contribution in [0.15, 0.2) is 24.5 Å². The van der Waals surface area contributed by atoms with Crippen molar-refractivity contribution in [3.63, 3.8) is 0 Å². The number of amides is 2. The number of methoxy groups -OCH3 is 1. The van der Waals surface area contributed by atoms with E-state index in [9.17, 15) is 9.59 Å². The lowest BCUT2D eigenvalue weighted by molar-refractivity contribution is -0.131. The predicted octanol–water partition coefficient (Wildman–Crippen LogP) is 0.557. The first kappa shape index (κ1) is 17.4. The Labute approximate surface area is 145 Å². The number of carbonyl (C=O) groups is 2. The van der Waals surface area contributed by atoms with E-state index < -0.39 is 5.60 Å². The van der Waals surface area contributed by atoms with E-state index in [0.29, 0.717) is 18.7 Å². The second-order valence-corrected chi connectivity index (χ2v) is 6.15. The van der Waals surface area contributed by atoms with Crippen LogP contribution >= 0.6 is 0 Å². The van der Waals surface area contributed by atoms with E-state index in [2.05, 4.69) is 15.3 Å². The Kier molecular flexibility index (Phi) is 5.00. The predicted molar refractivity (Wildman–Crippen MR) is 91.2 cm³/mol. The second-order valence-electron chi connectivity index (χ2n) is 6.15. The maximum atomic E-state index is 13.0. The molecule has 0 radical (unpaired) electrons. The molecule has 8 nitrogen and oxygen atoms in total. The third kappa shape index (κ3) is 3.64. The number of fused-ring (bicyclic) bond motifs is 1. The Morgan fingerprint density at radius 1 is 1.48 bits per heavy atom. The van der Waals surface area contributed by atoms with Crippen LogP contribution in [0.5, 0.6) is 0 Å². The van der Waals surface area contributed by atoms with Crippen molar-refractivity contribution in [1.82, 2.24) is 20.2 Å². The van der Waals surface area contributed by atoms with Crippen LogP contribution in [0.3, 0.4) is 0 Å². The van der Waals surface area contributed by atoms with Gasteiger partial charge in [-0.05, 0) is 18.2 Å². The molecular weight excluding hydrogens is 324 g/mol. The lowest BCUT2D eigenvalue weighted by Gasteiger charge is -2.33. The summed E-state index contributed by atoms with van der Waals surface area (Å²) in [6.07, 6.45) is 1.72. The highest BCUT2D eigenvalue weighted by atomic mass is 16.5. The summed E-state index contributed by atoms with van der Waals surface area (Å²) in [5, 5.41) is 2.60. The molecule has 0 spiro atoms. The zero-order valence-electron chi connectivity index (χ0n) is 14.4. The number of nitrogens with one attached hydrogen (secondary N) is 2. The van der Waals surface area contributed by atoms with E-state index in [4.69, 9.17) is 9.47 Å². The highest BCUT2D eigenvalue weighted by molar-refractivity contribution is 5.97. The number of aromatic amines is 1. The smallest absolute Gasteiger partial charge is 0.254 e. The molecule has 2 N–H and O–H groups in total. The summed E-state index contributed by atoms with van der Waals surface area (Å²) in [4.78, 5) is 33.7. The lowest BCUT2D eigenvalue weighted by atomic mass is 9.98. The molecule has 0 aliphatic carbocycles. The molecule has 2 heterocycles. The van der Waals surface area contributed by atoms with Crippen LogP contribution < -0.4 is 5.32 Å². The molecule has 8 heteroatoms. The summed E-state index contributed by atoms with van der Waals surface area (Å²) in [5.74, 6) is -0.279. The van der Waals surface area contributed by atoms with Crippen molar-refractivity contribution in [2.24, 2.45) is 0 Å². The highest BCUT2D eigenvalue weighted by Crippen LogP contribution is 2.23. The molecule has 1 aromatic carbocycles. The van der Waals surface area contributed by atoms with E-state index in [1.165, 1.54) is 7.11 Å². The molecule has 0 bridgehead atoms. The van der Waals surface area contributed by atoms with Crippen molar-refractivity contribution in [2.45, 2.75) is 12.0 Å². The van der Waals surface area contributed by atoms with Crippen LogP contribution in [0.2, 0.25) is 0 Å². The summed E-state index contributed by atoms with van der Waals surface area (Å²) in [5.41, 5.74) is 1.31. The van der Waals surface area contributed by atoms with Gasteiger partial charge < -0.3 is 24.7 Å². The first-order valence-corrected chi connectivity index (χ1v) is 8.13. The fourth-order valence-corrected chi connectivity index (χ4v) is 3.01. The van der Waals surface area contributed by atoms with Crippen LogP contribution in [-0.4, -0.2) is 72.7 Å². The first-order chi connectivity index (χ1) is 12.1. The zero-order valence-corrected chi connectivity index (χ0v) is 14.4. The number of H-pyrrole nitrogens is 1. The molecule has 134 valence electrons. The van der Waals surface area contributed by atoms with Gasteiger partial charge in [0.05, 0.1) is 43.5 Å². The van der Waals surface area contributed by atoms with Gasteiger partial charge in [-0.1, -0.05) is 0 Å². The van der Waals surface area contributed by atoms with Crippen LogP contribution in [-0.2, 0) is 14.3 Å². The van der Waals surface area contributed by atoms with Crippen molar-refractivity contribution >= 4 is 22.8 Å². The third-order valence-electron chi connectivity index (χ3n) is 4.50. The van der Waals surface area contributed by atoms with Gasteiger partial charge in [0.1, 0.15) is 5.60 Å². The number of nitrogens with zero attached hydrogens (tertiary/aromatic N) is 2. The summed E-state index contributed by atoms with van der Waals surface area (Å²) in [7, 11) is 3.11. The summed E-state index contributed by atoms with van der Waals surface area (Å²) >= 11 is 0. The Balaban J connectivity index is 1.83. The van der Waals surface area contributed by atoms with Gasteiger partial charge in [-0.3, -0.25) is 9.59 Å². The molecule has 1 aromatic heterocycles. The average Bonchev–Trinajstić information content (AvgIpc) is 3.00. The van der Waals surface area contributed by atoms with Gasteiger partial charge in [-0.25, -0.2) is 4.98 Å². The quantitative estimate of drug-likeness (QED) is 0.843. The van der Waals surface area contributed by atoms with Gasteiger partial charge in [0.15, 0.2) is 0 Å². The molecule has 1 atom stereocenters. The minimum absolute atomic E-state index is 0.125. The minimum Gasteiger partial charge on any atom is -0.377 e. The minimum atomic E-state index is -0.857. The van der Waals surface area contributed by atoms with E-state index in [-0.39, 0.29) is 31.4 Å². The standard InChI is InChI=1S/C17H22N4O4/c1-18-15(22)8-17(24-2)9-21(5-6-25-10-17)16(23)12-3-4-13-14(7-12)20-11-19-13/h3-4,7,11H,5-6,8-10H2,1-2H3,(H,18,22)(H,19,20)/t17-/m0/s1. The van der Waals surface area contributed by atoms with Crippen LogP contribution in [0.25, 0.3) is 11.0 Å². The molecule has 25 heavy (non-hydrogen) atoms. The second kappa shape index (κ2) is 7.20. The van der Waals surface area contributed by atoms with E-state index >= 15 is 0 Å². The van der Waals surface area contributed by atoms with Crippen molar-refractivity contribution in [3.05, 3.63) is 30.1 Å². The summed E-state index contributed by atoms with van der Waals surface area (Å²) in [6, 6.07) is 5.34. The lowest BCUT2D eigenvalue weighted by Crippen LogP contribution is -2.50. The van der Waals surface area contributed by atoms with Gasteiger partial charge >= 0.3 is 0 Å². The van der Waals surface area contributed by atoms with E-state index in [1.54, 1.807) is 30.4 Å². The Morgan fingerprint density at radius 3 is 3.08 bits per heavy atom. The molecule has 2 amide bonds. The maximum absolute atomic E-state index is 13.0. The molecule has 0 unspecified atom stereocenters. The van der Waals surface area contributed by atoms with Gasteiger partial charge in [0, 0.05) is 26.3 Å². The van der Waals surface area contributed by atoms with Crippen molar-refractivity contribution < 1.29 is 19.1 Å². The number of rotatable bonds is 4. The number of hydrogen-bond acceptors (Lipinski definition) is 5. The maximum Gasteiger partial charge on any atom is 0.254 e. The van der Waals surface area contributed by atoms with Crippen LogP contribution in [0, 0.1) is 0 Å². The SMILES string of the molecule is CNC(=O)C[C@@]1(OC)COCCN(C(=O)c2ccc3nc[nH]c3c2)C1. The monoisotopic (exact) mass is 346 g/mol. The molecule has 2 aromatic rings. The molecular formula is C17H22N4O4. The molecule has 1 fully saturated rings. The average molecular weight is 346 g/mol. The van der Waals surface area contributed by atoms with Crippen molar-refractivity contribution in [1.29, 1.82) is 0 Å². The third-order valence-corrected chi connectivity index (χ3v) is 4.50. The van der Waals surface area contributed by atoms with Crippen molar-refractivity contribution in [2.75, 3.05) is 40.5 Å². The van der Waals surface area contributed by atoms with Crippen molar-refractivity contribution in [3.8, 4) is 0 Å². The van der Waals surface area contributed by atoms with E-state index in [1.807, 2.05) is 6.07 Å². The molecule has 0 saturated carbocycles. The first-order valence-electron chi connectivity index (χ1n) is 8.13. The fraction of sp³-hybridized carbons (Fsp3) is 0.471.